The summed E-state index contributed by atoms with van der Waals surface area (Å²) in [5.74, 6) is -2.65. The number of likely N-dealkylation sites (tertiary alicyclic amines) is 1. The van der Waals surface area contributed by atoms with Crippen molar-refractivity contribution in [1.82, 2.24) is 14.7 Å². The molecular weight excluding hydrogens is 664 g/mol. The lowest BCUT2D eigenvalue weighted by atomic mass is 9.70. The van der Waals surface area contributed by atoms with Crippen molar-refractivity contribution in [1.29, 1.82) is 0 Å². The van der Waals surface area contributed by atoms with Gasteiger partial charge in [0.1, 0.15) is 11.6 Å². The first-order valence-electron chi connectivity index (χ1n) is 16.3. The molecule has 0 aliphatic carbocycles. The Kier molecular flexibility index (Phi) is 10.3. The maximum atomic E-state index is 14.9. The van der Waals surface area contributed by atoms with E-state index < -0.39 is 42.2 Å². The maximum absolute atomic E-state index is 14.9. The van der Waals surface area contributed by atoms with E-state index >= 15 is 0 Å². The fourth-order valence-electron chi connectivity index (χ4n) is 7.94. The quantitative estimate of drug-likeness (QED) is 0.253. The Morgan fingerprint density at radius 1 is 1.02 bits per heavy atom. The van der Waals surface area contributed by atoms with Crippen LogP contribution >= 0.6 is 15.9 Å². The number of rotatable bonds is 13. The number of morpholine rings is 1. The van der Waals surface area contributed by atoms with Crippen LogP contribution in [0.3, 0.4) is 0 Å². The average molecular weight is 708 g/mol. The zero-order chi connectivity index (χ0) is 33.1. The molecule has 1 N–H and O–H groups in total. The first kappa shape index (κ1) is 33.5. The van der Waals surface area contributed by atoms with Crippen LogP contribution in [0.25, 0.3) is 0 Å². The van der Waals surface area contributed by atoms with Crippen molar-refractivity contribution in [2.24, 2.45) is 11.8 Å². The smallest absolute Gasteiger partial charge is 0.248 e. The molecule has 2 aromatic rings. The third kappa shape index (κ3) is 6.08. The van der Waals surface area contributed by atoms with E-state index in [1.807, 2.05) is 60.7 Å². The number of alkyl halides is 1. The molecule has 10 nitrogen and oxygen atoms in total. The Hall–Kier alpha value is -3.35. The van der Waals surface area contributed by atoms with Gasteiger partial charge >= 0.3 is 0 Å². The number of aliphatic hydroxyl groups is 1. The minimum atomic E-state index is -1.27. The number of hydrogen-bond donors (Lipinski definition) is 1. The van der Waals surface area contributed by atoms with Crippen molar-refractivity contribution in [2.75, 3.05) is 64.0 Å². The number of halogens is 1. The average Bonchev–Trinajstić information content (AvgIpc) is 3.70. The molecule has 0 aromatic heterocycles. The monoisotopic (exact) mass is 706 g/mol. The Balaban J connectivity index is 1.41. The Morgan fingerprint density at radius 3 is 2.32 bits per heavy atom. The van der Waals surface area contributed by atoms with Crippen molar-refractivity contribution < 1.29 is 29.0 Å². The van der Waals surface area contributed by atoms with Crippen LogP contribution in [-0.2, 0) is 23.9 Å². The number of carbonyl (C=O) groups is 3. The van der Waals surface area contributed by atoms with Gasteiger partial charge in [0.25, 0.3) is 0 Å². The predicted molar refractivity (Wildman–Crippen MR) is 182 cm³/mol. The summed E-state index contributed by atoms with van der Waals surface area (Å²) in [5, 5.41) is 10.8. The van der Waals surface area contributed by atoms with Crippen LogP contribution in [0.4, 0.5) is 5.69 Å². The third-order valence-electron chi connectivity index (χ3n) is 10.0. The van der Waals surface area contributed by atoms with Gasteiger partial charge in [0.15, 0.2) is 0 Å². The molecule has 3 unspecified atom stereocenters. The third-order valence-corrected chi connectivity index (χ3v) is 10.9. The number of benzene rings is 2. The highest BCUT2D eigenvalue weighted by Gasteiger charge is 2.77. The van der Waals surface area contributed by atoms with Crippen LogP contribution in [-0.4, -0.2) is 119 Å². The lowest BCUT2D eigenvalue weighted by Gasteiger charge is -2.40. The van der Waals surface area contributed by atoms with Gasteiger partial charge in [-0.15, -0.1) is 13.2 Å². The fourth-order valence-corrected chi connectivity index (χ4v) is 8.88. The minimum Gasteiger partial charge on any atom is -0.394 e. The summed E-state index contributed by atoms with van der Waals surface area (Å²) in [5.41, 5.74) is 0.115. The summed E-state index contributed by atoms with van der Waals surface area (Å²) in [6.07, 6.45) is 3.10. The lowest BCUT2D eigenvalue weighted by molar-refractivity contribution is -0.151. The molecule has 0 saturated carbocycles. The molecule has 2 aromatic carbocycles. The molecule has 4 saturated heterocycles. The van der Waals surface area contributed by atoms with Crippen molar-refractivity contribution >= 4 is 39.3 Å². The highest BCUT2D eigenvalue weighted by atomic mass is 79.9. The van der Waals surface area contributed by atoms with E-state index in [1.165, 1.54) is 4.90 Å². The van der Waals surface area contributed by atoms with Crippen LogP contribution in [0.15, 0.2) is 86.0 Å². The molecule has 2 bridgehead atoms. The van der Waals surface area contributed by atoms with Gasteiger partial charge in [0, 0.05) is 49.8 Å². The standard InChI is InChI=1S/C36H43BrN4O6/c1-3-15-39(18-17-38-19-21-46-22-20-38)35(45)32-36-23-27(37)31(47-36)29(33(43)40(16-4-2)26-13-9-6-10-14-26)30(36)34(44)41(32)28(24-42)25-11-7-5-8-12-25/h3-14,27-32,42H,1-2,15-24H2/t27?,28-,29+,30+,31+,32?,36?/m1/s1. The summed E-state index contributed by atoms with van der Waals surface area (Å²) in [6.45, 7) is 11.8. The summed E-state index contributed by atoms with van der Waals surface area (Å²) in [6, 6.07) is 16.7. The van der Waals surface area contributed by atoms with Gasteiger partial charge in [0.2, 0.25) is 17.7 Å². The van der Waals surface area contributed by atoms with Gasteiger partial charge in [-0.3, -0.25) is 19.3 Å². The summed E-state index contributed by atoms with van der Waals surface area (Å²) < 4.78 is 12.3. The van der Waals surface area contributed by atoms with Crippen LogP contribution in [0, 0.1) is 11.8 Å². The highest BCUT2D eigenvalue weighted by Crippen LogP contribution is 2.61. The number of hydrogen-bond acceptors (Lipinski definition) is 7. The molecular formula is C36H43BrN4O6. The molecule has 250 valence electrons. The van der Waals surface area contributed by atoms with Crippen molar-refractivity contribution in [2.45, 2.75) is 35.0 Å². The lowest BCUT2D eigenvalue weighted by Crippen LogP contribution is -2.58. The van der Waals surface area contributed by atoms with E-state index in [9.17, 15) is 19.5 Å². The SMILES string of the molecule is C=CCN(CCN1CCOCC1)C(=O)C1N([C@H](CO)c2ccccc2)C(=O)[C@@H]2[C@H](C(=O)N(CC=C)c3ccccc3)[C@H]3OC12CC3Br. The molecule has 4 aliphatic rings. The van der Waals surface area contributed by atoms with E-state index in [1.54, 1.807) is 22.0 Å². The second-order valence-corrected chi connectivity index (χ2v) is 13.8. The van der Waals surface area contributed by atoms with Crippen molar-refractivity contribution in [3.63, 3.8) is 0 Å². The molecule has 4 heterocycles. The predicted octanol–water partition coefficient (Wildman–Crippen LogP) is 3.03. The zero-order valence-electron chi connectivity index (χ0n) is 26.5. The Morgan fingerprint density at radius 2 is 1.68 bits per heavy atom. The van der Waals surface area contributed by atoms with Crippen LogP contribution in [0.5, 0.6) is 0 Å². The Labute approximate surface area is 284 Å². The van der Waals surface area contributed by atoms with Gasteiger partial charge in [-0.25, -0.2) is 0 Å². The van der Waals surface area contributed by atoms with Gasteiger partial charge < -0.3 is 29.3 Å². The second kappa shape index (κ2) is 14.4. The van der Waals surface area contributed by atoms with Crippen LogP contribution < -0.4 is 4.90 Å². The summed E-state index contributed by atoms with van der Waals surface area (Å²) >= 11 is 3.79. The minimum absolute atomic E-state index is 0.247. The van der Waals surface area contributed by atoms with Crippen molar-refractivity contribution in [3.05, 3.63) is 91.5 Å². The number of amides is 3. The number of carbonyl (C=O) groups excluding carboxylic acids is 3. The normalized spacial score (nSPS) is 28.9. The number of ether oxygens (including phenoxy) is 2. The zero-order valence-corrected chi connectivity index (χ0v) is 28.1. The Bertz CT molecular complexity index is 1460. The molecule has 6 rings (SSSR count). The number of para-hydroxylation sites is 1. The summed E-state index contributed by atoms with van der Waals surface area (Å²) in [7, 11) is 0. The molecule has 47 heavy (non-hydrogen) atoms. The largest absolute Gasteiger partial charge is 0.394 e. The first-order chi connectivity index (χ1) is 22.9. The molecule has 3 amide bonds. The molecule has 11 heteroatoms. The molecule has 4 aliphatic heterocycles. The molecule has 0 radical (unpaired) electrons. The maximum Gasteiger partial charge on any atom is 0.248 e. The van der Waals surface area contributed by atoms with Crippen LogP contribution in [0.2, 0.25) is 0 Å². The van der Waals surface area contributed by atoms with Gasteiger partial charge in [0.05, 0.1) is 43.8 Å². The number of anilines is 1. The van der Waals surface area contributed by atoms with E-state index in [0.717, 1.165) is 13.1 Å². The van der Waals surface area contributed by atoms with Gasteiger partial charge in [-0.2, -0.15) is 0 Å². The molecule has 7 atom stereocenters. The number of aliphatic hydroxyl groups excluding tert-OH is 1. The molecule has 1 spiro atoms. The summed E-state index contributed by atoms with van der Waals surface area (Å²) in [4.78, 5) is 51.3. The van der Waals surface area contributed by atoms with E-state index in [2.05, 4.69) is 34.0 Å². The van der Waals surface area contributed by atoms with Crippen LogP contribution in [0.1, 0.15) is 18.0 Å². The van der Waals surface area contributed by atoms with E-state index in [0.29, 0.717) is 44.0 Å². The van der Waals surface area contributed by atoms with Gasteiger partial charge in [-0.05, 0) is 24.1 Å². The number of fused-ring (bicyclic) bond motifs is 1. The number of nitrogens with zero attached hydrogens (tertiary/aromatic N) is 4. The second-order valence-electron chi connectivity index (χ2n) is 12.6. The topological polar surface area (TPSA) is 103 Å². The van der Waals surface area contributed by atoms with E-state index in [4.69, 9.17) is 9.47 Å². The highest BCUT2D eigenvalue weighted by molar-refractivity contribution is 9.09. The first-order valence-corrected chi connectivity index (χ1v) is 17.2. The van der Waals surface area contributed by atoms with Gasteiger partial charge in [-0.1, -0.05) is 76.6 Å². The molecule has 4 fully saturated rings. The van der Waals surface area contributed by atoms with E-state index in [-0.39, 0.29) is 35.6 Å². The fraction of sp³-hybridized carbons (Fsp3) is 0.472. The van der Waals surface area contributed by atoms with Crippen molar-refractivity contribution in [3.8, 4) is 0 Å².